The Kier molecular flexibility index (Phi) is 5.38. The minimum atomic E-state index is -0.155. The number of amides is 2. The lowest BCUT2D eigenvalue weighted by Gasteiger charge is -2.07. The molecule has 2 aromatic heterocycles. The highest BCUT2D eigenvalue weighted by Crippen LogP contribution is 2.28. The Hall–Kier alpha value is -3.06. The number of aryl methyl sites for hydroxylation is 1. The average Bonchev–Trinajstić information content (AvgIpc) is 2.96. The second-order valence-corrected chi connectivity index (χ2v) is 6.83. The summed E-state index contributed by atoms with van der Waals surface area (Å²) in [6.45, 7) is 3.35. The normalized spacial score (nSPS) is 10.4. The molecule has 1 aromatic carbocycles. The first kappa shape index (κ1) is 17.8. The molecule has 7 heteroatoms. The third-order valence-corrected chi connectivity index (χ3v) is 4.81. The van der Waals surface area contributed by atoms with Gasteiger partial charge < -0.3 is 10.6 Å². The van der Waals surface area contributed by atoms with Crippen LogP contribution < -0.4 is 10.6 Å². The van der Waals surface area contributed by atoms with Crippen LogP contribution in [0.15, 0.2) is 48.8 Å². The molecule has 0 aliphatic carbocycles. The average molecular weight is 366 g/mol. The van der Waals surface area contributed by atoms with Gasteiger partial charge in [0.25, 0.3) is 0 Å². The van der Waals surface area contributed by atoms with Crippen molar-refractivity contribution in [1.82, 2.24) is 9.97 Å². The molecule has 0 atom stereocenters. The standard InChI is InChI=1S/C19H18N4O2S/c1-12-17(26-19(21-12)14-6-8-20-9-7-14)11-18(25)23-16-5-3-4-15(10-16)22-13(2)24/h3-10H,11H2,1-2H3,(H,22,24)(H,23,25). The van der Waals surface area contributed by atoms with Gasteiger partial charge in [-0.15, -0.1) is 11.3 Å². The number of nitrogens with zero attached hydrogens (tertiary/aromatic N) is 2. The molecule has 0 fully saturated rings. The molecule has 26 heavy (non-hydrogen) atoms. The molecule has 0 saturated carbocycles. The molecule has 0 radical (unpaired) electrons. The highest BCUT2D eigenvalue weighted by Gasteiger charge is 2.13. The van der Waals surface area contributed by atoms with Gasteiger partial charge in [0, 0.05) is 41.1 Å². The molecule has 3 aromatic rings. The number of hydrogen-bond donors (Lipinski definition) is 2. The quantitative estimate of drug-likeness (QED) is 0.722. The van der Waals surface area contributed by atoms with E-state index in [2.05, 4.69) is 20.6 Å². The molecule has 0 bridgehead atoms. The molecule has 2 heterocycles. The van der Waals surface area contributed by atoms with Crippen LogP contribution in [-0.2, 0) is 16.0 Å². The number of rotatable bonds is 5. The zero-order chi connectivity index (χ0) is 18.5. The molecular weight excluding hydrogens is 348 g/mol. The van der Waals surface area contributed by atoms with Crippen LogP contribution in [0, 0.1) is 6.92 Å². The first-order chi connectivity index (χ1) is 12.5. The van der Waals surface area contributed by atoms with Crippen LogP contribution in [0.2, 0.25) is 0 Å². The van der Waals surface area contributed by atoms with Crippen LogP contribution in [0.3, 0.4) is 0 Å². The summed E-state index contributed by atoms with van der Waals surface area (Å²) in [4.78, 5) is 33.0. The smallest absolute Gasteiger partial charge is 0.229 e. The summed E-state index contributed by atoms with van der Waals surface area (Å²) in [6, 6.07) is 10.9. The predicted octanol–water partition coefficient (Wildman–Crippen LogP) is 3.65. The van der Waals surface area contributed by atoms with Crippen LogP contribution in [0.4, 0.5) is 11.4 Å². The SMILES string of the molecule is CC(=O)Nc1cccc(NC(=O)Cc2sc(-c3ccncc3)nc2C)c1. The number of aromatic nitrogens is 2. The number of thiazole rings is 1. The first-order valence-corrected chi connectivity index (χ1v) is 8.87. The van der Waals surface area contributed by atoms with Crippen molar-refractivity contribution in [2.24, 2.45) is 0 Å². The first-order valence-electron chi connectivity index (χ1n) is 8.05. The van der Waals surface area contributed by atoms with Gasteiger partial charge in [0.1, 0.15) is 5.01 Å². The Labute approximate surface area is 155 Å². The van der Waals surface area contributed by atoms with Crippen LogP contribution in [0.25, 0.3) is 10.6 Å². The fourth-order valence-corrected chi connectivity index (χ4v) is 3.51. The third kappa shape index (κ3) is 4.52. The van der Waals surface area contributed by atoms with E-state index in [1.54, 1.807) is 36.7 Å². The molecule has 0 saturated heterocycles. The maximum Gasteiger partial charge on any atom is 0.229 e. The largest absolute Gasteiger partial charge is 0.326 e. The summed E-state index contributed by atoms with van der Waals surface area (Å²) < 4.78 is 0. The zero-order valence-electron chi connectivity index (χ0n) is 14.4. The van der Waals surface area contributed by atoms with Crippen molar-refractivity contribution in [3.8, 4) is 10.6 Å². The minimum absolute atomic E-state index is 0.127. The van der Waals surface area contributed by atoms with Gasteiger partial charge in [-0.3, -0.25) is 14.6 Å². The van der Waals surface area contributed by atoms with Crippen molar-refractivity contribution >= 4 is 34.5 Å². The van der Waals surface area contributed by atoms with Crippen LogP contribution >= 0.6 is 11.3 Å². The van der Waals surface area contributed by atoms with Gasteiger partial charge in [-0.05, 0) is 37.3 Å². The monoisotopic (exact) mass is 366 g/mol. The van der Waals surface area contributed by atoms with Crippen molar-refractivity contribution < 1.29 is 9.59 Å². The van der Waals surface area contributed by atoms with E-state index >= 15 is 0 Å². The lowest BCUT2D eigenvalue weighted by Crippen LogP contribution is -2.14. The number of nitrogens with one attached hydrogen (secondary N) is 2. The Morgan fingerprint density at radius 2 is 1.77 bits per heavy atom. The van der Waals surface area contributed by atoms with Gasteiger partial charge in [-0.1, -0.05) is 6.07 Å². The van der Waals surface area contributed by atoms with Crippen LogP contribution in [-0.4, -0.2) is 21.8 Å². The number of carbonyl (C=O) groups is 2. The maximum absolute atomic E-state index is 12.4. The van der Waals surface area contributed by atoms with Gasteiger partial charge in [-0.25, -0.2) is 4.98 Å². The number of pyridine rings is 1. The number of benzene rings is 1. The summed E-state index contributed by atoms with van der Waals surface area (Å²) in [6.07, 6.45) is 3.69. The highest BCUT2D eigenvalue weighted by molar-refractivity contribution is 7.15. The highest BCUT2D eigenvalue weighted by atomic mass is 32.1. The van der Waals surface area contributed by atoms with E-state index in [9.17, 15) is 9.59 Å². The molecule has 6 nitrogen and oxygen atoms in total. The van der Waals surface area contributed by atoms with Gasteiger partial charge >= 0.3 is 0 Å². The van der Waals surface area contributed by atoms with E-state index in [1.165, 1.54) is 18.3 Å². The summed E-state index contributed by atoms with van der Waals surface area (Å²) in [5, 5.41) is 6.43. The molecule has 132 valence electrons. The lowest BCUT2D eigenvalue weighted by molar-refractivity contribution is -0.115. The second kappa shape index (κ2) is 7.88. The Balaban J connectivity index is 1.69. The fourth-order valence-electron chi connectivity index (χ4n) is 2.44. The Morgan fingerprint density at radius 3 is 2.46 bits per heavy atom. The molecule has 2 N–H and O–H groups in total. The summed E-state index contributed by atoms with van der Waals surface area (Å²) in [5.41, 5.74) is 3.12. The van der Waals surface area contributed by atoms with Crippen molar-refractivity contribution in [1.29, 1.82) is 0 Å². The fraction of sp³-hybridized carbons (Fsp3) is 0.158. The predicted molar refractivity (Wildman–Crippen MR) is 103 cm³/mol. The number of anilines is 2. The van der Waals surface area contributed by atoms with Crippen LogP contribution in [0.5, 0.6) is 0 Å². The minimum Gasteiger partial charge on any atom is -0.326 e. The van der Waals surface area contributed by atoms with Gasteiger partial charge in [0.15, 0.2) is 0 Å². The lowest BCUT2D eigenvalue weighted by atomic mass is 10.2. The van der Waals surface area contributed by atoms with Crippen molar-refractivity contribution in [3.05, 3.63) is 59.4 Å². The topological polar surface area (TPSA) is 84.0 Å². The zero-order valence-corrected chi connectivity index (χ0v) is 15.3. The van der Waals surface area contributed by atoms with E-state index in [-0.39, 0.29) is 18.2 Å². The summed E-state index contributed by atoms with van der Waals surface area (Å²) in [5.74, 6) is -0.282. The van der Waals surface area contributed by atoms with Crippen molar-refractivity contribution in [2.75, 3.05) is 10.6 Å². The number of carbonyl (C=O) groups excluding carboxylic acids is 2. The maximum atomic E-state index is 12.4. The summed E-state index contributed by atoms with van der Waals surface area (Å²) >= 11 is 1.51. The molecular formula is C19H18N4O2S. The van der Waals surface area contributed by atoms with E-state index in [1.807, 2.05) is 19.1 Å². The van der Waals surface area contributed by atoms with E-state index in [0.29, 0.717) is 11.4 Å². The van der Waals surface area contributed by atoms with Gasteiger partial charge in [-0.2, -0.15) is 0 Å². The van der Waals surface area contributed by atoms with Crippen LogP contribution in [0.1, 0.15) is 17.5 Å². The van der Waals surface area contributed by atoms with E-state index in [0.717, 1.165) is 21.1 Å². The van der Waals surface area contributed by atoms with Crippen molar-refractivity contribution in [3.63, 3.8) is 0 Å². The number of hydrogen-bond acceptors (Lipinski definition) is 5. The molecule has 0 unspecified atom stereocenters. The summed E-state index contributed by atoms with van der Waals surface area (Å²) in [7, 11) is 0. The Bertz CT molecular complexity index is 938. The third-order valence-electron chi connectivity index (χ3n) is 3.61. The second-order valence-electron chi connectivity index (χ2n) is 5.75. The molecule has 0 aliphatic rings. The van der Waals surface area contributed by atoms with Gasteiger partial charge in [0.05, 0.1) is 12.1 Å². The van der Waals surface area contributed by atoms with E-state index in [4.69, 9.17) is 0 Å². The van der Waals surface area contributed by atoms with Crippen molar-refractivity contribution in [2.45, 2.75) is 20.3 Å². The molecule has 0 aliphatic heterocycles. The molecule has 2 amide bonds. The molecule has 0 spiro atoms. The molecule has 3 rings (SSSR count). The van der Waals surface area contributed by atoms with Gasteiger partial charge in [0.2, 0.25) is 11.8 Å². The van der Waals surface area contributed by atoms with E-state index < -0.39 is 0 Å². The Morgan fingerprint density at radius 1 is 1.08 bits per heavy atom.